The van der Waals surface area contributed by atoms with Crippen LogP contribution in [0.1, 0.15) is 54.8 Å². The average molecular weight is 489 g/mol. The molecule has 4 heterocycles. The molecular formula is C22H28N6OS3. The lowest BCUT2D eigenvalue weighted by Crippen LogP contribution is -2.36. The first-order valence-electron chi connectivity index (χ1n) is 11.7. The number of fused-ring (bicyclic) bond motifs is 3. The second kappa shape index (κ2) is 9.50. The highest BCUT2D eigenvalue weighted by molar-refractivity contribution is 8.01. The first-order valence-corrected chi connectivity index (χ1v) is 14.2. The molecule has 3 aromatic rings. The molecule has 6 rings (SSSR count). The van der Waals surface area contributed by atoms with Crippen LogP contribution < -0.4 is 5.32 Å². The van der Waals surface area contributed by atoms with Gasteiger partial charge in [-0.05, 0) is 49.4 Å². The molecule has 2 fully saturated rings. The predicted molar refractivity (Wildman–Crippen MR) is 130 cm³/mol. The fourth-order valence-corrected chi connectivity index (χ4v) is 8.18. The maximum atomic E-state index is 5.50. The summed E-state index contributed by atoms with van der Waals surface area (Å²) in [4.78, 5) is 15.1. The van der Waals surface area contributed by atoms with Crippen LogP contribution in [0.3, 0.4) is 0 Å². The molecule has 0 amide bonds. The Morgan fingerprint density at radius 1 is 1.00 bits per heavy atom. The number of aryl methyl sites for hydroxylation is 2. The summed E-state index contributed by atoms with van der Waals surface area (Å²) in [5, 5.41) is 15.8. The summed E-state index contributed by atoms with van der Waals surface area (Å²) in [6, 6.07) is 0.542. The van der Waals surface area contributed by atoms with Gasteiger partial charge >= 0.3 is 0 Å². The summed E-state index contributed by atoms with van der Waals surface area (Å²) >= 11 is 5.18. The van der Waals surface area contributed by atoms with Gasteiger partial charge in [0.1, 0.15) is 15.7 Å². The molecule has 32 heavy (non-hydrogen) atoms. The van der Waals surface area contributed by atoms with Gasteiger partial charge in [-0.2, -0.15) is 0 Å². The van der Waals surface area contributed by atoms with Gasteiger partial charge in [-0.25, -0.2) is 9.97 Å². The monoisotopic (exact) mass is 488 g/mol. The van der Waals surface area contributed by atoms with Gasteiger partial charge in [-0.15, -0.1) is 21.5 Å². The van der Waals surface area contributed by atoms with Crippen LogP contribution in [0.5, 0.6) is 0 Å². The third kappa shape index (κ3) is 4.52. The van der Waals surface area contributed by atoms with Crippen molar-refractivity contribution in [1.82, 2.24) is 25.1 Å². The van der Waals surface area contributed by atoms with Gasteiger partial charge in [0, 0.05) is 29.4 Å². The SMILES string of the molecule is C1CCC(Nc2nnc(Sc3nc(CN4CCOCC4)nc4sc5c(c34)CCC5)s2)CC1. The second-order valence-corrected chi connectivity index (χ2v) is 12.1. The quantitative estimate of drug-likeness (QED) is 0.498. The van der Waals surface area contributed by atoms with E-state index in [1.54, 1.807) is 23.1 Å². The minimum Gasteiger partial charge on any atom is -0.379 e. The molecule has 3 aliphatic rings. The molecule has 170 valence electrons. The van der Waals surface area contributed by atoms with Crippen molar-refractivity contribution in [2.45, 2.75) is 73.3 Å². The molecule has 0 radical (unpaired) electrons. The summed E-state index contributed by atoms with van der Waals surface area (Å²) in [5.41, 5.74) is 1.47. The van der Waals surface area contributed by atoms with E-state index < -0.39 is 0 Å². The van der Waals surface area contributed by atoms with E-state index in [1.807, 2.05) is 11.3 Å². The van der Waals surface area contributed by atoms with Crippen molar-refractivity contribution >= 4 is 49.8 Å². The van der Waals surface area contributed by atoms with E-state index in [1.165, 1.54) is 60.8 Å². The fourth-order valence-electron chi connectivity index (χ4n) is 4.92. The number of nitrogens with one attached hydrogen (secondary N) is 1. The Bertz CT molecular complexity index is 1090. The third-order valence-electron chi connectivity index (χ3n) is 6.57. The molecule has 1 aliphatic heterocycles. The van der Waals surface area contributed by atoms with Crippen LogP contribution >= 0.6 is 34.4 Å². The van der Waals surface area contributed by atoms with E-state index in [0.29, 0.717) is 6.04 Å². The summed E-state index contributed by atoms with van der Waals surface area (Å²) in [6.07, 6.45) is 10.0. The molecule has 0 bridgehead atoms. The van der Waals surface area contributed by atoms with Crippen LogP contribution in [-0.4, -0.2) is 57.4 Å². The van der Waals surface area contributed by atoms with E-state index in [2.05, 4.69) is 20.4 Å². The Labute approximate surface area is 200 Å². The summed E-state index contributed by atoms with van der Waals surface area (Å²) < 4.78 is 6.46. The minimum absolute atomic E-state index is 0.542. The van der Waals surface area contributed by atoms with Gasteiger partial charge < -0.3 is 10.1 Å². The number of thiophene rings is 1. The van der Waals surface area contributed by atoms with E-state index in [-0.39, 0.29) is 0 Å². The van der Waals surface area contributed by atoms with Crippen LogP contribution in [0.15, 0.2) is 9.37 Å². The van der Waals surface area contributed by atoms with Crippen molar-refractivity contribution in [3.8, 4) is 0 Å². The van der Waals surface area contributed by atoms with Crippen molar-refractivity contribution in [2.24, 2.45) is 0 Å². The molecule has 2 aliphatic carbocycles. The highest BCUT2D eigenvalue weighted by Gasteiger charge is 2.24. The maximum absolute atomic E-state index is 5.50. The summed E-state index contributed by atoms with van der Waals surface area (Å²) in [5.74, 6) is 0.909. The summed E-state index contributed by atoms with van der Waals surface area (Å²) in [7, 11) is 0. The van der Waals surface area contributed by atoms with Gasteiger partial charge in [0.05, 0.1) is 19.8 Å². The van der Waals surface area contributed by atoms with Gasteiger partial charge in [-0.3, -0.25) is 4.90 Å². The second-order valence-electron chi connectivity index (χ2n) is 8.83. The van der Waals surface area contributed by atoms with Crippen molar-refractivity contribution in [2.75, 3.05) is 31.6 Å². The van der Waals surface area contributed by atoms with Crippen LogP contribution in [0, 0.1) is 0 Å². The molecule has 0 spiro atoms. The van der Waals surface area contributed by atoms with E-state index in [4.69, 9.17) is 14.7 Å². The Kier molecular flexibility index (Phi) is 6.30. The molecule has 10 heteroatoms. The first kappa shape index (κ1) is 21.2. The number of anilines is 1. The molecule has 1 saturated heterocycles. The Morgan fingerprint density at radius 3 is 2.75 bits per heavy atom. The molecule has 0 aromatic carbocycles. The number of morpholine rings is 1. The van der Waals surface area contributed by atoms with E-state index in [0.717, 1.165) is 64.4 Å². The molecule has 7 nitrogen and oxygen atoms in total. The lowest BCUT2D eigenvalue weighted by Gasteiger charge is -2.25. The van der Waals surface area contributed by atoms with Crippen LogP contribution in [0.2, 0.25) is 0 Å². The molecule has 0 unspecified atom stereocenters. The minimum atomic E-state index is 0.542. The molecule has 0 atom stereocenters. The van der Waals surface area contributed by atoms with Crippen molar-refractivity contribution < 1.29 is 4.74 Å². The third-order valence-corrected chi connectivity index (χ3v) is 9.65. The van der Waals surface area contributed by atoms with Crippen LogP contribution in [0.4, 0.5) is 5.13 Å². The smallest absolute Gasteiger partial charge is 0.206 e. The highest BCUT2D eigenvalue weighted by atomic mass is 32.2. The van der Waals surface area contributed by atoms with E-state index in [9.17, 15) is 0 Å². The lowest BCUT2D eigenvalue weighted by atomic mass is 9.96. The van der Waals surface area contributed by atoms with Gasteiger partial charge in [-0.1, -0.05) is 30.6 Å². The number of ether oxygens (including phenoxy) is 1. The van der Waals surface area contributed by atoms with Crippen LogP contribution in [-0.2, 0) is 24.1 Å². The van der Waals surface area contributed by atoms with Gasteiger partial charge in [0.25, 0.3) is 0 Å². The summed E-state index contributed by atoms with van der Waals surface area (Å²) in [6.45, 7) is 4.24. The maximum Gasteiger partial charge on any atom is 0.206 e. The van der Waals surface area contributed by atoms with E-state index >= 15 is 0 Å². The average Bonchev–Trinajstić information content (AvgIpc) is 3.52. The molecule has 1 N–H and O–H groups in total. The van der Waals surface area contributed by atoms with Gasteiger partial charge in [0.2, 0.25) is 5.13 Å². The largest absolute Gasteiger partial charge is 0.379 e. The number of hydrogen-bond donors (Lipinski definition) is 1. The first-order chi connectivity index (χ1) is 15.8. The number of hydrogen-bond acceptors (Lipinski definition) is 10. The zero-order valence-corrected chi connectivity index (χ0v) is 20.6. The molecular weight excluding hydrogens is 460 g/mol. The zero-order chi connectivity index (χ0) is 21.3. The Balaban J connectivity index is 1.27. The predicted octanol–water partition coefficient (Wildman–Crippen LogP) is 4.76. The van der Waals surface area contributed by atoms with Crippen LogP contribution in [0.25, 0.3) is 10.2 Å². The van der Waals surface area contributed by atoms with Crippen molar-refractivity contribution in [3.05, 3.63) is 16.3 Å². The highest BCUT2D eigenvalue weighted by Crippen LogP contribution is 2.43. The Hall–Kier alpha value is -1.33. The van der Waals surface area contributed by atoms with Crippen molar-refractivity contribution in [3.63, 3.8) is 0 Å². The topological polar surface area (TPSA) is 76.1 Å². The normalized spacial score (nSPS) is 20.1. The molecule has 3 aromatic heterocycles. The fraction of sp³-hybridized carbons (Fsp3) is 0.636. The lowest BCUT2D eigenvalue weighted by molar-refractivity contribution is 0.0330. The molecule has 1 saturated carbocycles. The number of aromatic nitrogens is 4. The van der Waals surface area contributed by atoms with Gasteiger partial charge in [0.15, 0.2) is 4.34 Å². The number of rotatable bonds is 6. The Morgan fingerprint density at radius 2 is 1.88 bits per heavy atom. The zero-order valence-electron chi connectivity index (χ0n) is 18.1. The number of nitrogens with zero attached hydrogens (tertiary/aromatic N) is 5. The standard InChI is InChI=1S/C22H28N6OS3/c1-2-5-14(6-3-1)23-21-26-27-22(32-21)31-20-18-15-7-4-8-16(15)30-19(18)24-17(25-20)13-28-9-11-29-12-10-28/h14H,1-13H2,(H,23,26). The van der Waals surface area contributed by atoms with Crippen molar-refractivity contribution in [1.29, 1.82) is 0 Å².